The molecule has 0 aromatic heterocycles. The SMILES string of the molecule is CC/C=C\C/C=C\C/C=C\CCCCCCCC(=O)OC(COC(=O)CCCCCCCCC/C=C\C/C=C\CCCCC)COP(=O)(O)OCC(CO)OC(=O)CCCCCCCCCCCCCCCCC. The van der Waals surface area contributed by atoms with Gasteiger partial charge in [0.2, 0.25) is 0 Å². The summed E-state index contributed by atoms with van der Waals surface area (Å²) in [7, 11) is -4.75. The molecule has 0 fully saturated rings. The second-order valence-corrected chi connectivity index (χ2v) is 21.6. The third-order valence-corrected chi connectivity index (χ3v) is 13.9. The Morgan fingerprint density at radius 1 is 0.392 bits per heavy atom. The fraction of sp³-hybridized carbons (Fsp3) is 0.790. The van der Waals surface area contributed by atoms with Crippen LogP contribution in [-0.2, 0) is 42.2 Å². The van der Waals surface area contributed by atoms with E-state index in [0.29, 0.717) is 19.3 Å². The molecular formula is C62H111O11P. The zero-order valence-corrected chi connectivity index (χ0v) is 48.5. The molecule has 11 nitrogen and oxygen atoms in total. The van der Waals surface area contributed by atoms with Crippen LogP contribution in [0, 0.1) is 0 Å². The van der Waals surface area contributed by atoms with E-state index in [0.717, 1.165) is 103 Å². The van der Waals surface area contributed by atoms with Crippen molar-refractivity contribution in [3.63, 3.8) is 0 Å². The molecule has 0 aromatic carbocycles. The molecule has 74 heavy (non-hydrogen) atoms. The number of unbranched alkanes of at least 4 members (excludes halogenated alkanes) is 29. The van der Waals surface area contributed by atoms with E-state index in [9.17, 15) is 28.9 Å². The van der Waals surface area contributed by atoms with Crippen LogP contribution in [0.5, 0.6) is 0 Å². The van der Waals surface area contributed by atoms with Gasteiger partial charge in [0.15, 0.2) is 6.10 Å². The average molecular weight is 1060 g/mol. The normalized spacial score (nSPS) is 13.7. The van der Waals surface area contributed by atoms with Crippen molar-refractivity contribution < 1.29 is 52.2 Å². The fourth-order valence-corrected chi connectivity index (χ4v) is 9.13. The molecular weight excluding hydrogens is 952 g/mol. The highest BCUT2D eigenvalue weighted by atomic mass is 31.2. The summed E-state index contributed by atoms with van der Waals surface area (Å²) in [6.45, 7) is 4.52. The lowest BCUT2D eigenvalue weighted by Crippen LogP contribution is -2.30. The summed E-state index contributed by atoms with van der Waals surface area (Å²) in [5.41, 5.74) is 0. The van der Waals surface area contributed by atoms with Crippen molar-refractivity contribution in [1.29, 1.82) is 0 Å². The number of phosphoric ester groups is 1. The molecule has 0 aliphatic heterocycles. The second-order valence-electron chi connectivity index (χ2n) is 20.1. The van der Waals surface area contributed by atoms with Crippen molar-refractivity contribution in [2.45, 2.75) is 290 Å². The molecule has 3 atom stereocenters. The predicted molar refractivity (Wildman–Crippen MR) is 307 cm³/mol. The monoisotopic (exact) mass is 1060 g/mol. The molecule has 0 aliphatic rings. The van der Waals surface area contributed by atoms with Gasteiger partial charge in [0.25, 0.3) is 0 Å². The minimum absolute atomic E-state index is 0.147. The third kappa shape index (κ3) is 54.0. The number of carbonyl (C=O) groups excluding carboxylic acids is 3. The van der Waals surface area contributed by atoms with Gasteiger partial charge in [-0.2, -0.15) is 0 Å². The first-order valence-corrected chi connectivity index (χ1v) is 31.7. The van der Waals surface area contributed by atoms with Crippen LogP contribution in [0.2, 0.25) is 0 Å². The van der Waals surface area contributed by atoms with Crippen molar-refractivity contribution >= 4 is 25.7 Å². The predicted octanol–water partition coefficient (Wildman–Crippen LogP) is 17.9. The van der Waals surface area contributed by atoms with Gasteiger partial charge >= 0.3 is 25.7 Å². The van der Waals surface area contributed by atoms with Crippen LogP contribution in [-0.4, -0.2) is 66.5 Å². The Labute approximate surface area is 453 Å². The van der Waals surface area contributed by atoms with Crippen molar-refractivity contribution in [3.05, 3.63) is 60.8 Å². The summed E-state index contributed by atoms with van der Waals surface area (Å²) in [5.74, 6) is -1.48. The van der Waals surface area contributed by atoms with Crippen molar-refractivity contribution in [2.75, 3.05) is 26.4 Å². The summed E-state index contributed by atoms with van der Waals surface area (Å²) in [6.07, 6.45) is 61.7. The summed E-state index contributed by atoms with van der Waals surface area (Å²) in [6, 6.07) is 0. The zero-order valence-electron chi connectivity index (χ0n) is 47.6. The first kappa shape index (κ1) is 71.2. The molecule has 0 heterocycles. The highest BCUT2D eigenvalue weighted by Gasteiger charge is 2.28. The van der Waals surface area contributed by atoms with E-state index >= 15 is 0 Å². The number of esters is 3. The molecule has 430 valence electrons. The van der Waals surface area contributed by atoms with Gasteiger partial charge in [-0.05, 0) is 83.5 Å². The number of aliphatic hydroxyl groups is 1. The number of hydrogen-bond donors (Lipinski definition) is 2. The third-order valence-electron chi connectivity index (χ3n) is 12.9. The molecule has 0 aliphatic carbocycles. The molecule has 0 amide bonds. The van der Waals surface area contributed by atoms with Crippen molar-refractivity contribution in [2.24, 2.45) is 0 Å². The van der Waals surface area contributed by atoms with Gasteiger partial charge in [-0.1, -0.05) is 236 Å². The molecule has 0 saturated heterocycles. The summed E-state index contributed by atoms with van der Waals surface area (Å²) in [4.78, 5) is 48.6. The largest absolute Gasteiger partial charge is 0.472 e. The van der Waals surface area contributed by atoms with Crippen molar-refractivity contribution in [1.82, 2.24) is 0 Å². The number of phosphoric acid groups is 1. The maximum absolute atomic E-state index is 12.9. The standard InChI is InChI=1S/C62H111O11P/c1-4-7-10-13-16-19-22-25-28-29-32-33-36-39-42-45-48-51-60(64)69-55-59(73-62(66)53-50-47-44-41-38-35-31-27-24-21-18-15-12-9-6-3)57-71-74(67,68)70-56-58(54-63)72-61(65)52-49-46-43-40-37-34-30-26-23-20-17-14-11-8-5-2/h9,12,16,18-19,21,25,27-28,31,58-59,63H,4-8,10-11,13-15,17,20,22-24,26,29-30,32-57H2,1-3H3,(H,67,68)/b12-9-,19-16-,21-18-,28-25-,31-27-. The van der Waals surface area contributed by atoms with E-state index in [4.69, 9.17) is 23.3 Å². The first-order chi connectivity index (χ1) is 36.2. The van der Waals surface area contributed by atoms with E-state index in [-0.39, 0.29) is 25.9 Å². The minimum atomic E-state index is -4.75. The van der Waals surface area contributed by atoms with E-state index in [1.54, 1.807) is 0 Å². The van der Waals surface area contributed by atoms with Crippen LogP contribution in [0.4, 0.5) is 0 Å². The molecule has 0 bridgehead atoms. The number of carbonyl (C=O) groups is 3. The summed E-state index contributed by atoms with van der Waals surface area (Å²) < 4.78 is 39.6. The minimum Gasteiger partial charge on any atom is -0.462 e. The van der Waals surface area contributed by atoms with Crippen molar-refractivity contribution in [3.8, 4) is 0 Å². The number of aliphatic hydroxyl groups excluding tert-OH is 1. The van der Waals surface area contributed by atoms with Crippen LogP contribution >= 0.6 is 7.82 Å². The Morgan fingerprint density at radius 2 is 0.703 bits per heavy atom. The molecule has 12 heteroatoms. The van der Waals surface area contributed by atoms with Crippen LogP contribution < -0.4 is 0 Å². The molecule has 3 unspecified atom stereocenters. The van der Waals surface area contributed by atoms with Gasteiger partial charge in [-0.25, -0.2) is 4.57 Å². The highest BCUT2D eigenvalue weighted by molar-refractivity contribution is 7.47. The Morgan fingerprint density at radius 3 is 1.11 bits per heavy atom. The van der Waals surface area contributed by atoms with Gasteiger partial charge in [-0.15, -0.1) is 0 Å². The average Bonchev–Trinajstić information content (AvgIpc) is 3.39. The summed E-state index contributed by atoms with van der Waals surface area (Å²) >= 11 is 0. The molecule has 2 N–H and O–H groups in total. The molecule has 0 aromatic rings. The first-order valence-electron chi connectivity index (χ1n) is 30.2. The molecule has 0 rings (SSSR count). The maximum atomic E-state index is 12.9. The Bertz CT molecular complexity index is 1470. The Hall–Kier alpha value is -2.82. The number of rotatable bonds is 56. The van der Waals surface area contributed by atoms with Crippen LogP contribution in [0.25, 0.3) is 0 Å². The van der Waals surface area contributed by atoms with E-state index in [2.05, 4.69) is 81.5 Å². The Balaban J connectivity index is 4.72. The lowest BCUT2D eigenvalue weighted by atomic mass is 10.0. The molecule has 0 spiro atoms. The highest BCUT2D eigenvalue weighted by Crippen LogP contribution is 2.43. The fourth-order valence-electron chi connectivity index (χ4n) is 8.34. The van der Waals surface area contributed by atoms with Gasteiger partial charge in [-0.3, -0.25) is 23.4 Å². The van der Waals surface area contributed by atoms with Gasteiger partial charge in [0.1, 0.15) is 12.7 Å². The summed E-state index contributed by atoms with van der Waals surface area (Å²) in [5, 5.41) is 9.83. The van der Waals surface area contributed by atoms with Crippen LogP contribution in [0.1, 0.15) is 278 Å². The number of allylic oxidation sites excluding steroid dienone is 10. The van der Waals surface area contributed by atoms with Crippen LogP contribution in [0.15, 0.2) is 60.8 Å². The van der Waals surface area contributed by atoms with Crippen LogP contribution in [0.3, 0.4) is 0 Å². The smallest absolute Gasteiger partial charge is 0.462 e. The van der Waals surface area contributed by atoms with E-state index < -0.39 is 57.8 Å². The zero-order chi connectivity index (χ0) is 54.1. The lowest BCUT2D eigenvalue weighted by Gasteiger charge is -2.21. The quantitative estimate of drug-likeness (QED) is 0.0197. The molecule has 0 radical (unpaired) electrons. The second kappa shape index (κ2) is 56.4. The van der Waals surface area contributed by atoms with E-state index in [1.807, 2.05) is 0 Å². The van der Waals surface area contributed by atoms with Gasteiger partial charge in [0, 0.05) is 19.3 Å². The van der Waals surface area contributed by atoms with Gasteiger partial charge in [0.05, 0.1) is 19.8 Å². The van der Waals surface area contributed by atoms with Gasteiger partial charge < -0.3 is 24.2 Å². The topological polar surface area (TPSA) is 155 Å². The maximum Gasteiger partial charge on any atom is 0.472 e. The molecule has 0 saturated carbocycles. The number of ether oxygens (including phenoxy) is 3. The number of hydrogen-bond acceptors (Lipinski definition) is 10. The van der Waals surface area contributed by atoms with E-state index in [1.165, 1.54) is 116 Å². The lowest BCUT2D eigenvalue weighted by molar-refractivity contribution is -0.161. The Kier molecular flexibility index (Phi) is 54.2.